The predicted octanol–water partition coefficient (Wildman–Crippen LogP) is 3.71. The maximum atomic E-state index is 12.3. The van der Waals surface area contributed by atoms with E-state index in [2.05, 4.69) is 45.4 Å². The number of methoxy groups -OCH3 is 1. The molecule has 0 aliphatic carbocycles. The van der Waals surface area contributed by atoms with Crippen LogP contribution < -0.4 is 15.0 Å². The highest BCUT2D eigenvalue weighted by Crippen LogP contribution is 2.30. The molecule has 1 heterocycles. The van der Waals surface area contributed by atoms with E-state index in [0.29, 0.717) is 6.54 Å². The van der Waals surface area contributed by atoms with Crippen molar-refractivity contribution < 1.29 is 9.53 Å². The molecule has 0 saturated carbocycles. The minimum atomic E-state index is -0.00154. The first-order valence-electron chi connectivity index (χ1n) is 10.5. The van der Waals surface area contributed by atoms with Crippen molar-refractivity contribution in [3.8, 4) is 5.75 Å². The molecule has 0 unspecified atom stereocenters. The molecule has 30 heavy (non-hydrogen) atoms. The third kappa shape index (κ3) is 4.57. The summed E-state index contributed by atoms with van der Waals surface area (Å²) in [6.07, 6.45) is 0. The Morgan fingerprint density at radius 3 is 2.50 bits per heavy atom. The minimum Gasteiger partial charge on any atom is -0.497 e. The zero-order valence-corrected chi connectivity index (χ0v) is 17.7. The molecule has 0 radical (unpaired) electrons. The van der Waals surface area contributed by atoms with E-state index in [4.69, 9.17) is 4.74 Å². The molecular weight excluding hydrogens is 374 g/mol. The van der Waals surface area contributed by atoms with Gasteiger partial charge < -0.3 is 15.0 Å². The van der Waals surface area contributed by atoms with Gasteiger partial charge >= 0.3 is 0 Å². The molecule has 5 heteroatoms. The lowest BCUT2D eigenvalue weighted by atomic mass is 10.1. The summed E-state index contributed by atoms with van der Waals surface area (Å²) in [5.41, 5.74) is 3.14. The number of carbonyl (C=O) groups is 1. The summed E-state index contributed by atoms with van der Waals surface area (Å²) in [6, 6.07) is 20.4. The standard InChI is InChI=1S/C25H29N3O2/c1-19-6-8-21(9-7-19)25(29)26-12-13-27-14-16-28(17-15-27)24-5-3-4-20-10-11-22(30-2)18-23(20)24/h3-11,18H,12-17H2,1-2H3,(H,26,29). The summed E-state index contributed by atoms with van der Waals surface area (Å²) in [6.45, 7) is 7.48. The van der Waals surface area contributed by atoms with Crippen molar-refractivity contribution in [2.75, 3.05) is 51.3 Å². The molecule has 1 saturated heterocycles. The van der Waals surface area contributed by atoms with E-state index in [0.717, 1.165) is 49.6 Å². The maximum absolute atomic E-state index is 12.3. The van der Waals surface area contributed by atoms with Crippen LogP contribution >= 0.6 is 0 Å². The van der Waals surface area contributed by atoms with Crippen molar-refractivity contribution in [2.24, 2.45) is 0 Å². The van der Waals surface area contributed by atoms with E-state index in [1.54, 1.807) is 7.11 Å². The van der Waals surface area contributed by atoms with Gasteiger partial charge in [-0.1, -0.05) is 35.9 Å². The number of aryl methyl sites for hydroxylation is 1. The molecule has 156 valence electrons. The number of hydrogen-bond acceptors (Lipinski definition) is 4. The predicted molar refractivity (Wildman–Crippen MR) is 123 cm³/mol. The first-order chi connectivity index (χ1) is 14.6. The van der Waals surface area contributed by atoms with Crippen LogP contribution in [-0.2, 0) is 0 Å². The van der Waals surface area contributed by atoms with Gasteiger partial charge in [0.1, 0.15) is 5.75 Å². The molecule has 3 aromatic carbocycles. The summed E-state index contributed by atoms with van der Waals surface area (Å²) in [5.74, 6) is 0.885. The number of piperazine rings is 1. The monoisotopic (exact) mass is 403 g/mol. The number of anilines is 1. The van der Waals surface area contributed by atoms with Crippen LogP contribution in [0.25, 0.3) is 10.8 Å². The van der Waals surface area contributed by atoms with E-state index in [1.165, 1.54) is 16.5 Å². The molecule has 0 aromatic heterocycles. The van der Waals surface area contributed by atoms with Crippen molar-refractivity contribution in [3.63, 3.8) is 0 Å². The van der Waals surface area contributed by atoms with Crippen LogP contribution in [-0.4, -0.2) is 57.2 Å². The van der Waals surface area contributed by atoms with E-state index in [-0.39, 0.29) is 5.91 Å². The van der Waals surface area contributed by atoms with Gasteiger partial charge in [-0.15, -0.1) is 0 Å². The molecule has 0 bridgehead atoms. The van der Waals surface area contributed by atoms with Crippen LogP contribution in [0.5, 0.6) is 5.75 Å². The Balaban J connectivity index is 1.30. The molecule has 0 spiro atoms. The lowest BCUT2D eigenvalue weighted by Crippen LogP contribution is -2.48. The number of hydrogen-bond donors (Lipinski definition) is 1. The largest absolute Gasteiger partial charge is 0.497 e. The van der Waals surface area contributed by atoms with Gasteiger partial charge in [-0.05, 0) is 42.6 Å². The zero-order valence-electron chi connectivity index (χ0n) is 17.7. The number of fused-ring (bicyclic) bond motifs is 1. The van der Waals surface area contributed by atoms with E-state index < -0.39 is 0 Å². The second-order valence-corrected chi connectivity index (χ2v) is 7.81. The van der Waals surface area contributed by atoms with Gasteiger partial charge in [0.15, 0.2) is 0 Å². The Morgan fingerprint density at radius 1 is 1.00 bits per heavy atom. The van der Waals surface area contributed by atoms with Gasteiger partial charge in [0, 0.05) is 55.9 Å². The summed E-state index contributed by atoms with van der Waals surface area (Å²) >= 11 is 0. The highest BCUT2D eigenvalue weighted by molar-refractivity contribution is 5.95. The van der Waals surface area contributed by atoms with E-state index in [9.17, 15) is 4.79 Å². The first-order valence-corrected chi connectivity index (χ1v) is 10.5. The fraction of sp³-hybridized carbons (Fsp3) is 0.320. The number of ether oxygens (including phenoxy) is 1. The smallest absolute Gasteiger partial charge is 0.251 e. The summed E-state index contributed by atoms with van der Waals surface area (Å²) in [7, 11) is 1.71. The van der Waals surface area contributed by atoms with E-state index >= 15 is 0 Å². The van der Waals surface area contributed by atoms with Gasteiger partial charge in [-0.2, -0.15) is 0 Å². The maximum Gasteiger partial charge on any atom is 0.251 e. The molecule has 5 nitrogen and oxygen atoms in total. The van der Waals surface area contributed by atoms with E-state index in [1.807, 2.05) is 37.3 Å². The molecule has 4 rings (SSSR count). The molecule has 3 aromatic rings. The quantitative estimate of drug-likeness (QED) is 0.682. The van der Waals surface area contributed by atoms with Gasteiger partial charge in [0.25, 0.3) is 5.91 Å². The average Bonchev–Trinajstić information content (AvgIpc) is 2.79. The van der Waals surface area contributed by atoms with Crippen molar-refractivity contribution in [2.45, 2.75) is 6.92 Å². The van der Waals surface area contributed by atoms with Crippen LogP contribution in [0.4, 0.5) is 5.69 Å². The van der Waals surface area contributed by atoms with Crippen LogP contribution in [0.15, 0.2) is 60.7 Å². The second kappa shape index (κ2) is 9.18. The van der Waals surface area contributed by atoms with Crippen molar-refractivity contribution in [1.82, 2.24) is 10.2 Å². The SMILES string of the molecule is COc1ccc2cccc(N3CCN(CCNC(=O)c4ccc(C)cc4)CC3)c2c1. The van der Waals surface area contributed by atoms with Gasteiger partial charge in [0.05, 0.1) is 7.11 Å². The molecule has 1 aliphatic rings. The summed E-state index contributed by atoms with van der Waals surface area (Å²) in [5, 5.41) is 5.50. The van der Waals surface area contributed by atoms with Crippen molar-refractivity contribution in [1.29, 1.82) is 0 Å². The number of nitrogens with one attached hydrogen (secondary N) is 1. The highest BCUT2D eigenvalue weighted by atomic mass is 16.5. The van der Waals surface area contributed by atoms with Gasteiger partial charge in [-0.3, -0.25) is 9.69 Å². The van der Waals surface area contributed by atoms with Crippen LogP contribution in [0, 0.1) is 6.92 Å². The Labute approximate surface area is 178 Å². The number of rotatable bonds is 6. The highest BCUT2D eigenvalue weighted by Gasteiger charge is 2.19. The summed E-state index contributed by atoms with van der Waals surface area (Å²) in [4.78, 5) is 17.1. The third-order valence-electron chi connectivity index (χ3n) is 5.81. The fourth-order valence-corrected chi connectivity index (χ4v) is 3.98. The lowest BCUT2D eigenvalue weighted by molar-refractivity contribution is 0.0948. The Morgan fingerprint density at radius 2 is 1.77 bits per heavy atom. The Kier molecular flexibility index (Phi) is 6.19. The third-order valence-corrected chi connectivity index (χ3v) is 5.81. The van der Waals surface area contributed by atoms with Gasteiger partial charge in [-0.25, -0.2) is 0 Å². The van der Waals surface area contributed by atoms with Crippen molar-refractivity contribution >= 4 is 22.4 Å². The number of carbonyl (C=O) groups excluding carboxylic acids is 1. The van der Waals surface area contributed by atoms with Gasteiger partial charge in [0.2, 0.25) is 0 Å². The molecular formula is C25H29N3O2. The lowest BCUT2D eigenvalue weighted by Gasteiger charge is -2.36. The average molecular weight is 404 g/mol. The first kappa shape index (κ1) is 20.2. The topological polar surface area (TPSA) is 44.8 Å². The fourth-order valence-electron chi connectivity index (χ4n) is 3.98. The zero-order chi connectivity index (χ0) is 20.9. The Bertz CT molecular complexity index is 1010. The molecule has 1 amide bonds. The van der Waals surface area contributed by atoms with Crippen molar-refractivity contribution in [3.05, 3.63) is 71.8 Å². The molecule has 0 atom stereocenters. The summed E-state index contributed by atoms with van der Waals surface area (Å²) < 4.78 is 5.42. The minimum absolute atomic E-state index is 0.00154. The normalized spacial score (nSPS) is 14.7. The Hall–Kier alpha value is -3.05. The number of benzene rings is 3. The van der Waals surface area contributed by atoms with Crippen LogP contribution in [0.1, 0.15) is 15.9 Å². The molecule has 1 aliphatic heterocycles. The van der Waals surface area contributed by atoms with Crippen LogP contribution in [0.3, 0.4) is 0 Å². The molecule has 1 fully saturated rings. The molecule has 1 N–H and O–H groups in total. The van der Waals surface area contributed by atoms with Crippen LogP contribution in [0.2, 0.25) is 0 Å². The second-order valence-electron chi connectivity index (χ2n) is 7.81. The number of amides is 1. The number of nitrogens with zero attached hydrogens (tertiary/aromatic N) is 2.